The Kier molecular flexibility index (Phi) is 4.62. The van der Waals surface area contributed by atoms with E-state index in [1.807, 2.05) is 12.1 Å². The molecule has 1 atom stereocenters. The third-order valence-electron chi connectivity index (χ3n) is 6.69. The first-order valence-corrected chi connectivity index (χ1v) is 10.5. The summed E-state index contributed by atoms with van der Waals surface area (Å²) in [5.41, 5.74) is 0.627. The minimum atomic E-state index is -0.200. The lowest BCUT2D eigenvalue weighted by Crippen LogP contribution is -2.51. The molecule has 3 aliphatic rings. The molecule has 5 rings (SSSR count). The van der Waals surface area contributed by atoms with Crippen molar-refractivity contribution in [2.45, 2.75) is 45.1 Å². The van der Waals surface area contributed by atoms with Crippen LogP contribution < -0.4 is 0 Å². The van der Waals surface area contributed by atoms with E-state index in [0.29, 0.717) is 24.2 Å². The largest absolute Gasteiger partial charge is 0.419 e. The number of piperidine rings is 1. The highest BCUT2D eigenvalue weighted by atomic mass is 16.4. The lowest BCUT2D eigenvalue weighted by molar-refractivity contribution is -0.146. The summed E-state index contributed by atoms with van der Waals surface area (Å²) in [5.74, 6) is 2.22. The molecule has 148 valence electrons. The van der Waals surface area contributed by atoms with Crippen LogP contribution in [0.25, 0.3) is 11.5 Å². The Morgan fingerprint density at radius 2 is 2.11 bits per heavy atom. The van der Waals surface area contributed by atoms with E-state index < -0.39 is 0 Å². The average Bonchev–Trinajstić information content (AvgIpc) is 3.31. The fourth-order valence-electron chi connectivity index (χ4n) is 4.90. The third kappa shape index (κ3) is 3.32. The quantitative estimate of drug-likeness (QED) is 0.793. The van der Waals surface area contributed by atoms with Gasteiger partial charge in [-0.15, -0.1) is 10.2 Å². The SMILES string of the molecule is O=C1N(CC2CCC2)CCCC12CCN(Cc1nnc(-c3cccnc3)o1)C2. The Hall–Kier alpha value is -2.28. The number of rotatable bonds is 5. The van der Waals surface area contributed by atoms with Crippen molar-refractivity contribution in [1.29, 1.82) is 0 Å². The van der Waals surface area contributed by atoms with Crippen LogP contribution >= 0.6 is 0 Å². The Labute approximate surface area is 165 Å². The van der Waals surface area contributed by atoms with E-state index in [2.05, 4.69) is 25.0 Å². The molecule has 0 aromatic carbocycles. The first kappa shape index (κ1) is 17.8. The number of pyridine rings is 1. The molecule has 1 saturated carbocycles. The first-order valence-electron chi connectivity index (χ1n) is 10.5. The lowest BCUT2D eigenvalue weighted by Gasteiger charge is -2.42. The molecule has 7 nitrogen and oxygen atoms in total. The predicted molar refractivity (Wildman–Crippen MR) is 103 cm³/mol. The molecule has 28 heavy (non-hydrogen) atoms. The summed E-state index contributed by atoms with van der Waals surface area (Å²) >= 11 is 0. The minimum Gasteiger partial charge on any atom is -0.419 e. The van der Waals surface area contributed by atoms with Crippen LogP contribution in [0.15, 0.2) is 28.9 Å². The van der Waals surface area contributed by atoms with Gasteiger partial charge >= 0.3 is 0 Å². The molecule has 0 N–H and O–H groups in total. The topological polar surface area (TPSA) is 75.4 Å². The summed E-state index contributed by atoms with van der Waals surface area (Å²) in [4.78, 5) is 21.8. The van der Waals surface area contributed by atoms with Gasteiger partial charge < -0.3 is 9.32 Å². The van der Waals surface area contributed by atoms with E-state index in [9.17, 15) is 4.79 Å². The first-order chi connectivity index (χ1) is 13.7. The van der Waals surface area contributed by atoms with Crippen molar-refractivity contribution < 1.29 is 9.21 Å². The highest BCUT2D eigenvalue weighted by molar-refractivity contribution is 5.84. The average molecular weight is 381 g/mol. The predicted octanol–water partition coefficient (Wildman–Crippen LogP) is 2.75. The van der Waals surface area contributed by atoms with E-state index in [0.717, 1.165) is 56.9 Å². The van der Waals surface area contributed by atoms with Crippen LogP contribution in [0.1, 0.15) is 44.4 Å². The molecule has 2 saturated heterocycles. The maximum Gasteiger partial charge on any atom is 0.249 e. The van der Waals surface area contributed by atoms with Crippen LogP contribution in [-0.4, -0.2) is 57.1 Å². The van der Waals surface area contributed by atoms with Gasteiger partial charge in [-0.05, 0) is 56.7 Å². The van der Waals surface area contributed by atoms with Gasteiger partial charge in [-0.2, -0.15) is 0 Å². The molecule has 1 aliphatic carbocycles. The lowest BCUT2D eigenvalue weighted by atomic mass is 9.77. The van der Waals surface area contributed by atoms with Crippen molar-refractivity contribution in [2.75, 3.05) is 26.2 Å². The maximum absolute atomic E-state index is 13.3. The smallest absolute Gasteiger partial charge is 0.249 e. The molecular weight excluding hydrogens is 354 g/mol. The standard InChI is InChI=1S/C21H27N5O2/c27-20-21(7-3-10-26(20)13-16-4-1-5-16)8-11-25(15-21)14-18-23-24-19(28-18)17-6-2-9-22-12-17/h2,6,9,12,16H,1,3-5,7-8,10-11,13-15H2. The normalized spacial score (nSPS) is 26.1. The number of carbonyl (C=O) groups is 1. The summed E-state index contributed by atoms with van der Waals surface area (Å²) in [6.45, 7) is 4.23. The second kappa shape index (κ2) is 7.28. The van der Waals surface area contributed by atoms with Crippen LogP contribution in [0.4, 0.5) is 0 Å². The van der Waals surface area contributed by atoms with E-state index >= 15 is 0 Å². The number of amides is 1. The number of likely N-dealkylation sites (tertiary alicyclic amines) is 2. The van der Waals surface area contributed by atoms with Crippen LogP contribution in [0.5, 0.6) is 0 Å². The van der Waals surface area contributed by atoms with E-state index in [4.69, 9.17) is 4.42 Å². The molecule has 7 heteroatoms. The maximum atomic E-state index is 13.3. The van der Waals surface area contributed by atoms with Gasteiger partial charge in [-0.3, -0.25) is 14.7 Å². The summed E-state index contributed by atoms with van der Waals surface area (Å²) in [5, 5.41) is 8.35. The summed E-state index contributed by atoms with van der Waals surface area (Å²) in [6.07, 6.45) is 10.4. The Morgan fingerprint density at radius 3 is 2.89 bits per heavy atom. The van der Waals surface area contributed by atoms with E-state index in [1.165, 1.54) is 19.3 Å². The van der Waals surface area contributed by atoms with Gasteiger partial charge in [0.1, 0.15) is 0 Å². The summed E-state index contributed by atoms with van der Waals surface area (Å²) < 4.78 is 5.83. The molecule has 1 amide bonds. The fourth-order valence-corrected chi connectivity index (χ4v) is 4.90. The molecular formula is C21H27N5O2. The molecule has 1 unspecified atom stereocenters. The van der Waals surface area contributed by atoms with Crippen molar-refractivity contribution in [2.24, 2.45) is 11.3 Å². The van der Waals surface area contributed by atoms with Gasteiger partial charge in [0.05, 0.1) is 17.5 Å². The van der Waals surface area contributed by atoms with Gasteiger partial charge in [-0.1, -0.05) is 6.42 Å². The number of carbonyl (C=O) groups excluding carboxylic acids is 1. The van der Waals surface area contributed by atoms with E-state index in [1.54, 1.807) is 12.4 Å². The minimum absolute atomic E-state index is 0.200. The zero-order valence-corrected chi connectivity index (χ0v) is 16.2. The van der Waals surface area contributed by atoms with Crippen molar-refractivity contribution in [3.8, 4) is 11.5 Å². The highest BCUT2D eigenvalue weighted by Gasteiger charge is 2.48. The molecule has 2 aliphatic heterocycles. The van der Waals surface area contributed by atoms with Gasteiger partial charge in [0, 0.05) is 32.0 Å². The van der Waals surface area contributed by atoms with Crippen molar-refractivity contribution in [1.82, 2.24) is 25.0 Å². The van der Waals surface area contributed by atoms with Crippen LogP contribution in [0, 0.1) is 11.3 Å². The van der Waals surface area contributed by atoms with Crippen molar-refractivity contribution in [3.05, 3.63) is 30.4 Å². The number of nitrogens with zero attached hydrogens (tertiary/aromatic N) is 5. The Bertz CT molecular complexity index is 834. The van der Waals surface area contributed by atoms with Crippen LogP contribution in [-0.2, 0) is 11.3 Å². The monoisotopic (exact) mass is 381 g/mol. The van der Waals surface area contributed by atoms with Gasteiger partial charge in [0.2, 0.25) is 17.7 Å². The molecule has 1 spiro atoms. The van der Waals surface area contributed by atoms with Gasteiger partial charge in [-0.25, -0.2) is 0 Å². The number of hydrogen-bond acceptors (Lipinski definition) is 6. The second-order valence-corrected chi connectivity index (χ2v) is 8.64. The fraction of sp³-hybridized carbons (Fsp3) is 0.619. The van der Waals surface area contributed by atoms with Crippen LogP contribution in [0.2, 0.25) is 0 Å². The molecule has 0 bridgehead atoms. The molecule has 4 heterocycles. The summed E-state index contributed by atoms with van der Waals surface area (Å²) in [6, 6.07) is 3.76. The zero-order valence-electron chi connectivity index (χ0n) is 16.2. The van der Waals surface area contributed by atoms with Gasteiger partial charge in [0.15, 0.2) is 0 Å². The molecule has 2 aromatic rings. The number of hydrogen-bond donors (Lipinski definition) is 0. The Balaban J connectivity index is 1.23. The second-order valence-electron chi connectivity index (χ2n) is 8.64. The van der Waals surface area contributed by atoms with Gasteiger partial charge in [0.25, 0.3) is 0 Å². The Morgan fingerprint density at radius 1 is 1.18 bits per heavy atom. The third-order valence-corrected chi connectivity index (χ3v) is 6.69. The molecule has 0 radical (unpaired) electrons. The van der Waals surface area contributed by atoms with Crippen LogP contribution in [0.3, 0.4) is 0 Å². The molecule has 3 fully saturated rings. The molecule has 2 aromatic heterocycles. The highest BCUT2D eigenvalue weighted by Crippen LogP contribution is 2.41. The number of aromatic nitrogens is 3. The zero-order chi connectivity index (χ0) is 19.0. The summed E-state index contributed by atoms with van der Waals surface area (Å²) in [7, 11) is 0. The van der Waals surface area contributed by atoms with Crippen molar-refractivity contribution in [3.63, 3.8) is 0 Å². The van der Waals surface area contributed by atoms with E-state index in [-0.39, 0.29) is 5.41 Å². The van der Waals surface area contributed by atoms with Crippen molar-refractivity contribution >= 4 is 5.91 Å².